The van der Waals surface area contributed by atoms with E-state index in [4.69, 9.17) is 0 Å². The number of carbonyl (C=O) groups is 6. The summed E-state index contributed by atoms with van der Waals surface area (Å²) < 4.78 is 0. The summed E-state index contributed by atoms with van der Waals surface area (Å²) >= 11 is 0. The number of unbranched alkanes of at least 4 members (excludes halogenated alkanes) is 1. The molecule has 1 saturated heterocycles. The van der Waals surface area contributed by atoms with Crippen LogP contribution in [-0.2, 0) is 24.0 Å². The lowest BCUT2D eigenvalue weighted by molar-refractivity contribution is -0.147. The van der Waals surface area contributed by atoms with E-state index in [2.05, 4.69) is 51.7 Å². The molecule has 292 valence electrons. The normalized spacial score (nSPS) is 23.5. The molecule has 1 aromatic rings. The van der Waals surface area contributed by atoms with Crippen LogP contribution in [0, 0.1) is 35.0 Å². The van der Waals surface area contributed by atoms with Gasteiger partial charge in [0.15, 0.2) is 0 Å². The second-order valence-electron chi connectivity index (χ2n) is 16.5. The van der Waals surface area contributed by atoms with E-state index < -0.39 is 64.4 Å². The molecule has 4 unspecified atom stereocenters. The number of ketones is 1. The van der Waals surface area contributed by atoms with Crippen LogP contribution in [0.15, 0.2) is 31.2 Å². The van der Waals surface area contributed by atoms with Crippen LogP contribution in [0.25, 0.3) is 0 Å². The minimum absolute atomic E-state index is 0.0925. The summed E-state index contributed by atoms with van der Waals surface area (Å²) in [6.45, 7) is 17.7. The fourth-order valence-corrected chi connectivity index (χ4v) is 8.73. The molecule has 2 heterocycles. The van der Waals surface area contributed by atoms with E-state index in [0.29, 0.717) is 19.4 Å². The molecule has 13 heteroatoms. The average molecular weight is 736 g/mol. The first-order valence-electron chi connectivity index (χ1n) is 19.6. The van der Waals surface area contributed by atoms with Gasteiger partial charge in [-0.2, -0.15) is 0 Å². The molecule has 2 saturated carbocycles. The van der Waals surface area contributed by atoms with Gasteiger partial charge in [-0.3, -0.25) is 33.8 Å². The number of amides is 5. The maximum Gasteiger partial charge on any atom is 0.289 e. The third kappa shape index (κ3) is 9.32. The Hall–Kier alpha value is -4.16. The zero-order valence-electron chi connectivity index (χ0n) is 32.7. The maximum atomic E-state index is 14.8. The highest BCUT2D eigenvalue weighted by Gasteiger charge is 2.66. The molecule has 5 amide bonds. The molecule has 0 radical (unpaired) electrons. The Morgan fingerprint density at radius 2 is 1.72 bits per heavy atom. The van der Waals surface area contributed by atoms with E-state index in [9.17, 15) is 28.8 Å². The number of likely N-dealkylation sites (tertiary alicyclic amines) is 1. The van der Waals surface area contributed by atoms with Crippen LogP contribution < -0.4 is 21.3 Å². The van der Waals surface area contributed by atoms with Crippen LogP contribution in [0.5, 0.6) is 0 Å². The first-order valence-corrected chi connectivity index (χ1v) is 19.6. The van der Waals surface area contributed by atoms with E-state index in [1.165, 1.54) is 24.7 Å². The second kappa shape index (κ2) is 17.8. The highest BCUT2D eigenvalue weighted by Crippen LogP contribution is 2.59. The molecule has 53 heavy (non-hydrogen) atoms. The summed E-state index contributed by atoms with van der Waals surface area (Å²) in [6, 6.07) is -2.96. The number of Topliss-reactive ketones (excluding diaryl/α,β-unsaturated/α-hetero) is 1. The van der Waals surface area contributed by atoms with Crippen molar-refractivity contribution in [3.63, 3.8) is 0 Å². The van der Waals surface area contributed by atoms with E-state index in [1.54, 1.807) is 4.90 Å². The third-order valence-corrected chi connectivity index (χ3v) is 11.6. The number of fused-ring (bicyclic) bond motifs is 1. The zero-order chi connectivity index (χ0) is 39.1. The molecule has 1 aliphatic heterocycles. The van der Waals surface area contributed by atoms with Gasteiger partial charge >= 0.3 is 0 Å². The Morgan fingerprint density at radius 3 is 2.28 bits per heavy atom. The summed E-state index contributed by atoms with van der Waals surface area (Å²) in [5, 5.41) is 11.5. The highest BCUT2D eigenvalue weighted by atomic mass is 16.2. The van der Waals surface area contributed by atoms with Crippen LogP contribution in [0.3, 0.4) is 0 Å². The van der Waals surface area contributed by atoms with Gasteiger partial charge in [-0.15, -0.1) is 6.58 Å². The van der Waals surface area contributed by atoms with Crippen LogP contribution in [0.1, 0.15) is 117 Å². The SMILES string of the molecule is C=CCNC(=O)C(=O)C(CCCC)NC(=O)[C@@H]1[C@@H]2C(CN1C(=O)[C@@H](NC(=O)C(CC)(NC(=O)c1cnccn1)C1CCCCC1)C(C)(C)C)C2C(C)C. The number of rotatable bonds is 17. The summed E-state index contributed by atoms with van der Waals surface area (Å²) in [5.74, 6) is -3.05. The van der Waals surface area contributed by atoms with E-state index >= 15 is 0 Å². The number of hydrogen-bond acceptors (Lipinski definition) is 8. The molecule has 0 aromatic carbocycles. The van der Waals surface area contributed by atoms with Crippen LogP contribution >= 0.6 is 0 Å². The fraction of sp³-hybridized carbons (Fsp3) is 0.700. The van der Waals surface area contributed by atoms with E-state index in [-0.39, 0.29) is 48.2 Å². The first kappa shape index (κ1) is 41.6. The summed E-state index contributed by atoms with van der Waals surface area (Å²) in [4.78, 5) is 93.1. The molecule has 13 nitrogen and oxygen atoms in total. The monoisotopic (exact) mass is 735 g/mol. The number of hydrogen-bond donors (Lipinski definition) is 4. The predicted octanol–water partition coefficient (Wildman–Crippen LogP) is 3.74. The van der Waals surface area contributed by atoms with Crippen LogP contribution in [-0.4, -0.2) is 86.9 Å². The van der Waals surface area contributed by atoms with Gasteiger partial charge in [0.2, 0.25) is 23.5 Å². The lowest BCUT2D eigenvalue weighted by Gasteiger charge is -2.44. The fourth-order valence-electron chi connectivity index (χ4n) is 8.73. The zero-order valence-corrected chi connectivity index (χ0v) is 32.7. The molecular weight excluding hydrogens is 674 g/mol. The van der Waals surface area contributed by atoms with Crippen molar-refractivity contribution in [2.45, 2.75) is 130 Å². The largest absolute Gasteiger partial charge is 0.346 e. The Balaban J connectivity index is 1.64. The minimum Gasteiger partial charge on any atom is -0.346 e. The van der Waals surface area contributed by atoms with Gasteiger partial charge in [0.1, 0.15) is 23.3 Å². The third-order valence-electron chi connectivity index (χ3n) is 11.6. The van der Waals surface area contributed by atoms with Crippen molar-refractivity contribution in [2.75, 3.05) is 13.1 Å². The summed E-state index contributed by atoms with van der Waals surface area (Å²) in [7, 11) is 0. The van der Waals surface area contributed by atoms with Crippen molar-refractivity contribution in [2.24, 2.45) is 35.0 Å². The van der Waals surface area contributed by atoms with Gasteiger partial charge < -0.3 is 26.2 Å². The van der Waals surface area contributed by atoms with Crippen molar-refractivity contribution in [1.82, 2.24) is 36.1 Å². The Morgan fingerprint density at radius 1 is 1.02 bits per heavy atom. The number of nitrogens with one attached hydrogen (secondary N) is 4. The molecule has 4 N–H and O–H groups in total. The number of aromatic nitrogens is 2. The molecule has 0 spiro atoms. The van der Waals surface area contributed by atoms with Gasteiger partial charge in [0, 0.05) is 25.5 Å². The van der Waals surface area contributed by atoms with Gasteiger partial charge in [0.25, 0.3) is 11.8 Å². The molecule has 0 bridgehead atoms. The van der Waals surface area contributed by atoms with E-state index in [1.807, 2.05) is 34.6 Å². The Bertz CT molecular complexity index is 1500. The molecule has 1 aromatic heterocycles. The second-order valence-corrected chi connectivity index (χ2v) is 16.5. The smallest absolute Gasteiger partial charge is 0.289 e. The number of carbonyl (C=O) groups excluding carboxylic acids is 6. The predicted molar refractivity (Wildman–Crippen MR) is 201 cm³/mol. The van der Waals surface area contributed by atoms with Crippen molar-refractivity contribution in [3.05, 3.63) is 36.9 Å². The molecule has 4 rings (SSSR count). The van der Waals surface area contributed by atoms with E-state index in [0.717, 1.165) is 38.5 Å². The van der Waals surface area contributed by atoms with Crippen molar-refractivity contribution in [3.8, 4) is 0 Å². The Labute approximate surface area is 314 Å². The van der Waals surface area contributed by atoms with Gasteiger partial charge in [-0.05, 0) is 60.7 Å². The van der Waals surface area contributed by atoms with Crippen molar-refractivity contribution in [1.29, 1.82) is 0 Å². The number of piperidine rings is 1. The lowest BCUT2D eigenvalue weighted by Crippen LogP contribution is -2.67. The molecule has 3 aliphatic rings. The number of nitrogens with zero attached hydrogens (tertiary/aromatic N) is 3. The highest BCUT2D eigenvalue weighted by molar-refractivity contribution is 6.38. The van der Waals surface area contributed by atoms with Gasteiger partial charge in [-0.25, -0.2) is 4.98 Å². The van der Waals surface area contributed by atoms with Gasteiger partial charge in [-0.1, -0.05) is 86.6 Å². The standard InChI is InChI=1S/C40H61N7O6/c1-9-12-18-27(32(48)36(51)43-19-10-2)44-35(50)31-30-26(29(30)24(4)5)23-47(31)37(52)33(39(6,7)8)45-38(53)40(11-3,25-16-14-13-15-17-25)46-34(49)28-22-41-20-21-42-28/h10,20-22,24-27,29-31,33H,2,9,11-19,23H2,1,3-8H3,(H,43,51)(H,44,50)(H,45,53)(H,46,49)/t26?,27?,29?,30-,31+,33-,40?/m1/s1. The summed E-state index contributed by atoms with van der Waals surface area (Å²) in [6.07, 6.45) is 12.1. The van der Waals surface area contributed by atoms with Crippen LogP contribution in [0.4, 0.5) is 0 Å². The first-order chi connectivity index (χ1) is 25.1. The molecule has 2 aliphatic carbocycles. The molecule has 7 atom stereocenters. The van der Waals surface area contributed by atoms with Crippen LogP contribution in [0.2, 0.25) is 0 Å². The lowest BCUT2D eigenvalue weighted by atomic mass is 9.72. The van der Waals surface area contributed by atoms with Gasteiger partial charge in [0.05, 0.1) is 12.2 Å². The summed E-state index contributed by atoms with van der Waals surface area (Å²) in [5.41, 5.74) is -2.00. The average Bonchev–Trinajstić information content (AvgIpc) is 3.72. The molecule has 3 fully saturated rings. The minimum atomic E-state index is -1.31. The Kier molecular flexibility index (Phi) is 14.0. The van der Waals surface area contributed by atoms with Crippen molar-refractivity contribution >= 4 is 35.3 Å². The maximum absolute atomic E-state index is 14.8. The quantitative estimate of drug-likeness (QED) is 0.138. The molecular formula is C40H61N7O6. The topological polar surface area (TPSA) is 180 Å². The van der Waals surface area contributed by atoms with Crippen molar-refractivity contribution < 1.29 is 28.8 Å².